The van der Waals surface area contributed by atoms with Crippen molar-refractivity contribution in [2.45, 2.75) is 37.4 Å². The molecule has 0 fully saturated rings. The van der Waals surface area contributed by atoms with E-state index in [0.29, 0.717) is 0 Å². The minimum absolute atomic E-state index is 0.446. The minimum Gasteiger partial charge on any atom is -0.481 e. The highest BCUT2D eigenvalue weighted by molar-refractivity contribution is 5.95. The van der Waals surface area contributed by atoms with E-state index in [9.17, 15) is 33.6 Å². The number of amides is 5. The van der Waals surface area contributed by atoms with Gasteiger partial charge in [0, 0.05) is 6.42 Å². The number of aliphatic carboxylic acids is 2. The molecule has 11 N–H and O–H groups in total. The zero-order valence-electron chi connectivity index (χ0n) is 16.8. The van der Waals surface area contributed by atoms with Crippen LogP contribution in [0.3, 0.4) is 0 Å². The van der Waals surface area contributed by atoms with Crippen molar-refractivity contribution in [3.05, 3.63) is 0 Å². The Morgan fingerprint density at radius 1 is 0.812 bits per heavy atom. The van der Waals surface area contributed by atoms with Crippen LogP contribution >= 0.6 is 0 Å². The van der Waals surface area contributed by atoms with Crippen LogP contribution < -0.4 is 32.7 Å². The summed E-state index contributed by atoms with van der Waals surface area (Å²) in [6.07, 6.45) is -1.74. The number of aliphatic hydroxyl groups excluding tert-OH is 1. The Bertz CT molecular complexity index is 743. The van der Waals surface area contributed by atoms with E-state index in [4.69, 9.17) is 26.8 Å². The first-order valence-corrected chi connectivity index (χ1v) is 9.11. The number of carboxylic acids is 2. The van der Waals surface area contributed by atoms with Crippen LogP contribution in [0.5, 0.6) is 0 Å². The molecule has 0 rings (SSSR count). The monoisotopic (exact) mass is 462 g/mol. The normalized spacial score (nSPS) is 13.1. The maximum Gasteiger partial charge on any atom is 0.326 e. The molecule has 0 unspecified atom stereocenters. The molecule has 0 heterocycles. The molecule has 16 heteroatoms. The maximum atomic E-state index is 12.3. The highest BCUT2D eigenvalue weighted by Gasteiger charge is 2.28. The lowest BCUT2D eigenvalue weighted by Gasteiger charge is -2.21. The Hall–Kier alpha value is -3.79. The van der Waals surface area contributed by atoms with Gasteiger partial charge in [0.15, 0.2) is 0 Å². The fourth-order valence-corrected chi connectivity index (χ4v) is 2.19. The lowest BCUT2D eigenvalue weighted by molar-refractivity contribution is -0.143. The summed E-state index contributed by atoms with van der Waals surface area (Å²) in [5.41, 5.74) is 10.1. The second kappa shape index (κ2) is 14.3. The van der Waals surface area contributed by atoms with E-state index in [1.54, 1.807) is 0 Å². The number of hydrogen-bond donors (Lipinski definition) is 9. The molecule has 0 aromatic heterocycles. The van der Waals surface area contributed by atoms with Gasteiger partial charge >= 0.3 is 11.9 Å². The molecule has 0 radical (unpaired) electrons. The first-order chi connectivity index (χ1) is 14.9. The number of nitrogens with two attached hydrogens (primary N) is 2. The third-order valence-electron chi connectivity index (χ3n) is 3.76. The topological polar surface area (TPSA) is 280 Å². The third kappa shape index (κ3) is 11.4. The van der Waals surface area contributed by atoms with Gasteiger partial charge in [-0.05, 0) is 6.42 Å². The highest BCUT2D eigenvalue weighted by Crippen LogP contribution is 2.01. The molecule has 0 aliphatic heterocycles. The van der Waals surface area contributed by atoms with Gasteiger partial charge in [0.25, 0.3) is 0 Å². The van der Waals surface area contributed by atoms with Crippen LogP contribution in [0, 0.1) is 0 Å². The molecule has 0 aromatic carbocycles. The fraction of sp³-hybridized carbons (Fsp3) is 0.562. The third-order valence-corrected chi connectivity index (χ3v) is 3.76. The van der Waals surface area contributed by atoms with Crippen LogP contribution in [-0.2, 0) is 33.6 Å². The molecular formula is C16H26N6O10. The largest absolute Gasteiger partial charge is 0.481 e. The van der Waals surface area contributed by atoms with Gasteiger partial charge in [0.1, 0.15) is 18.1 Å². The van der Waals surface area contributed by atoms with Gasteiger partial charge in [-0.2, -0.15) is 0 Å². The number of carboxylic acid groups (broad SMARTS) is 2. The summed E-state index contributed by atoms with van der Waals surface area (Å²) in [5.74, 6) is -7.64. The fourth-order valence-electron chi connectivity index (χ4n) is 2.19. The van der Waals surface area contributed by atoms with Gasteiger partial charge in [-0.15, -0.1) is 0 Å². The molecule has 16 nitrogen and oxygen atoms in total. The smallest absolute Gasteiger partial charge is 0.326 e. The van der Waals surface area contributed by atoms with E-state index in [2.05, 4.69) is 16.0 Å². The van der Waals surface area contributed by atoms with E-state index in [-0.39, 0.29) is 0 Å². The van der Waals surface area contributed by atoms with Crippen LogP contribution in [0.25, 0.3) is 0 Å². The average molecular weight is 462 g/mol. The van der Waals surface area contributed by atoms with Gasteiger partial charge in [-0.3, -0.25) is 28.8 Å². The quantitative estimate of drug-likeness (QED) is 0.110. The second-order valence-corrected chi connectivity index (χ2v) is 6.35. The van der Waals surface area contributed by atoms with Crippen molar-refractivity contribution in [1.82, 2.24) is 21.3 Å². The Balaban J connectivity index is 5.01. The van der Waals surface area contributed by atoms with Crippen LogP contribution in [0.15, 0.2) is 0 Å². The molecule has 32 heavy (non-hydrogen) atoms. The first-order valence-electron chi connectivity index (χ1n) is 9.11. The molecule has 0 aromatic rings. The zero-order valence-corrected chi connectivity index (χ0v) is 16.8. The van der Waals surface area contributed by atoms with Gasteiger partial charge in [-0.25, -0.2) is 4.79 Å². The standard InChI is InChI=1S/C16H26N6O10/c17-4-11(25)21-9(6-23)14(29)19-5-12(26)20-8(3-10(18)24)15(30)22-7(16(31)32)1-2-13(27)28/h7-9,23H,1-6,17H2,(H2,18,24)(H,19,29)(H,20,26)(H,21,25)(H,22,30)(H,27,28)(H,31,32)/t7-,8-,9-/m0/s1. The number of nitrogens with one attached hydrogen (secondary N) is 4. The summed E-state index contributed by atoms with van der Waals surface area (Å²) in [6, 6.07) is -4.62. The predicted octanol–water partition coefficient (Wildman–Crippen LogP) is -5.67. The Morgan fingerprint density at radius 2 is 1.41 bits per heavy atom. The Kier molecular flexibility index (Phi) is 12.6. The number of carbonyl (C=O) groups excluding carboxylic acids is 5. The van der Waals surface area contributed by atoms with Crippen molar-refractivity contribution in [1.29, 1.82) is 0 Å². The van der Waals surface area contributed by atoms with Crippen molar-refractivity contribution >= 4 is 41.5 Å². The molecular weight excluding hydrogens is 436 g/mol. The number of hydrogen-bond acceptors (Lipinski definition) is 9. The lowest BCUT2D eigenvalue weighted by atomic mass is 10.1. The second-order valence-electron chi connectivity index (χ2n) is 6.35. The van der Waals surface area contributed by atoms with Gasteiger partial charge in [-0.1, -0.05) is 0 Å². The molecule has 0 spiro atoms. The van der Waals surface area contributed by atoms with Gasteiger partial charge < -0.3 is 48.1 Å². The van der Waals surface area contributed by atoms with Crippen molar-refractivity contribution in [2.24, 2.45) is 11.5 Å². The summed E-state index contributed by atoms with van der Waals surface area (Å²) >= 11 is 0. The Labute approximate surface area is 181 Å². The molecule has 0 bridgehead atoms. The number of rotatable bonds is 15. The summed E-state index contributed by atoms with van der Waals surface area (Å²) in [4.78, 5) is 80.4. The van der Waals surface area contributed by atoms with Crippen LogP contribution in [0.2, 0.25) is 0 Å². The summed E-state index contributed by atoms with van der Waals surface area (Å²) in [5, 5.41) is 35.1. The van der Waals surface area contributed by atoms with Crippen LogP contribution in [0.4, 0.5) is 0 Å². The lowest BCUT2D eigenvalue weighted by Crippen LogP contribution is -2.55. The molecule has 0 saturated heterocycles. The number of aliphatic hydroxyl groups is 1. The first kappa shape index (κ1) is 28.2. The summed E-state index contributed by atoms with van der Waals surface area (Å²) in [7, 11) is 0. The molecule has 0 saturated carbocycles. The van der Waals surface area contributed by atoms with Crippen molar-refractivity contribution in [3.8, 4) is 0 Å². The number of carbonyl (C=O) groups is 7. The van der Waals surface area contributed by atoms with E-state index in [1.807, 2.05) is 5.32 Å². The van der Waals surface area contributed by atoms with E-state index in [0.717, 1.165) is 0 Å². The predicted molar refractivity (Wildman–Crippen MR) is 103 cm³/mol. The molecule has 3 atom stereocenters. The summed E-state index contributed by atoms with van der Waals surface area (Å²) in [6.45, 7) is -1.98. The number of primary amides is 1. The maximum absolute atomic E-state index is 12.3. The van der Waals surface area contributed by atoms with E-state index >= 15 is 0 Å². The van der Waals surface area contributed by atoms with Gasteiger partial charge in [0.2, 0.25) is 29.5 Å². The van der Waals surface area contributed by atoms with Crippen LogP contribution in [-0.4, -0.2) is 94.6 Å². The van der Waals surface area contributed by atoms with Crippen molar-refractivity contribution in [3.63, 3.8) is 0 Å². The minimum atomic E-state index is -1.62. The highest BCUT2D eigenvalue weighted by atomic mass is 16.4. The molecule has 180 valence electrons. The molecule has 0 aliphatic rings. The average Bonchev–Trinajstić information content (AvgIpc) is 2.71. The summed E-state index contributed by atoms with van der Waals surface area (Å²) < 4.78 is 0. The van der Waals surface area contributed by atoms with E-state index < -0.39 is 98.6 Å². The van der Waals surface area contributed by atoms with E-state index in [1.165, 1.54) is 0 Å². The Morgan fingerprint density at radius 3 is 1.88 bits per heavy atom. The SMILES string of the molecule is NCC(=O)N[C@@H](CO)C(=O)NCC(=O)N[C@@H](CC(N)=O)C(=O)N[C@@H](CCC(=O)O)C(=O)O. The van der Waals surface area contributed by atoms with Gasteiger partial charge in [0.05, 0.1) is 26.1 Å². The molecule has 5 amide bonds. The van der Waals surface area contributed by atoms with Crippen LogP contribution in [0.1, 0.15) is 19.3 Å². The molecule has 0 aliphatic carbocycles. The van der Waals surface area contributed by atoms with Crippen molar-refractivity contribution in [2.75, 3.05) is 19.7 Å². The van der Waals surface area contributed by atoms with Crippen molar-refractivity contribution < 1.29 is 48.9 Å². The zero-order chi connectivity index (χ0) is 24.8.